The first-order chi connectivity index (χ1) is 13.3. The maximum absolute atomic E-state index is 3.69. The second-order valence-corrected chi connectivity index (χ2v) is 8.17. The number of hydrogen-bond donors (Lipinski definition) is 1. The zero-order valence-corrected chi connectivity index (χ0v) is 16.1. The number of nitrogens with zero attached hydrogens (tertiary/aromatic N) is 1. The van der Waals surface area contributed by atoms with Crippen molar-refractivity contribution in [3.05, 3.63) is 72.3 Å². The van der Waals surface area contributed by atoms with Crippen LogP contribution in [0.25, 0.3) is 22.2 Å². The van der Waals surface area contributed by atoms with E-state index in [0.29, 0.717) is 6.04 Å². The monoisotopic (exact) mass is 356 g/mol. The second-order valence-electron chi connectivity index (χ2n) is 8.17. The van der Waals surface area contributed by atoms with Gasteiger partial charge in [0.05, 0.1) is 0 Å². The van der Waals surface area contributed by atoms with E-state index in [0.717, 1.165) is 24.8 Å². The van der Waals surface area contributed by atoms with Crippen LogP contribution in [-0.4, -0.2) is 29.0 Å². The molecule has 3 aromatic rings. The molecular formula is C25H28N2. The zero-order valence-electron chi connectivity index (χ0n) is 16.1. The Morgan fingerprint density at radius 1 is 1.00 bits per heavy atom. The number of benzene rings is 2. The minimum atomic E-state index is 0.644. The van der Waals surface area contributed by atoms with E-state index >= 15 is 0 Å². The Hall–Kier alpha value is -2.32. The predicted molar refractivity (Wildman–Crippen MR) is 114 cm³/mol. The van der Waals surface area contributed by atoms with E-state index < -0.39 is 0 Å². The maximum Gasteiger partial charge on any atom is 0.0497 e. The lowest BCUT2D eigenvalue weighted by Gasteiger charge is -2.46. The molecule has 2 heteroatoms. The molecule has 1 fully saturated rings. The van der Waals surface area contributed by atoms with Gasteiger partial charge in [-0.15, -0.1) is 0 Å². The molecule has 0 radical (unpaired) electrons. The van der Waals surface area contributed by atoms with Crippen molar-refractivity contribution >= 4 is 10.9 Å². The lowest BCUT2D eigenvalue weighted by atomic mass is 9.76. The van der Waals surface area contributed by atoms with Gasteiger partial charge in [0.2, 0.25) is 0 Å². The van der Waals surface area contributed by atoms with Crippen molar-refractivity contribution in [3.8, 4) is 11.3 Å². The SMILES string of the molecule is CCC1CC2C=CC1N(CCc1c(-c3ccccc3)[nH]c3ccccc13)C2. The fourth-order valence-electron chi connectivity index (χ4n) is 5.23. The molecule has 0 amide bonds. The Kier molecular flexibility index (Phi) is 4.37. The van der Waals surface area contributed by atoms with Crippen LogP contribution in [0.15, 0.2) is 66.7 Å². The van der Waals surface area contributed by atoms with Crippen molar-refractivity contribution in [1.29, 1.82) is 0 Å². The summed E-state index contributed by atoms with van der Waals surface area (Å²) in [7, 11) is 0. The quantitative estimate of drug-likeness (QED) is 0.584. The summed E-state index contributed by atoms with van der Waals surface area (Å²) in [6, 6.07) is 20.2. The Morgan fingerprint density at radius 2 is 1.81 bits per heavy atom. The number of H-pyrrole nitrogens is 1. The molecule has 3 atom stereocenters. The molecule has 3 heterocycles. The molecule has 2 aromatic carbocycles. The van der Waals surface area contributed by atoms with Crippen molar-refractivity contribution in [2.24, 2.45) is 11.8 Å². The van der Waals surface area contributed by atoms with Crippen LogP contribution >= 0.6 is 0 Å². The van der Waals surface area contributed by atoms with Gasteiger partial charge in [-0.05, 0) is 41.9 Å². The molecule has 138 valence electrons. The summed E-state index contributed by atoms with van der Waals surface area (Å²) in [5.74, 6) is 1.60. The average molecular weight is 357 g/mol. The largest absolute Gasteiger partial charge is 0.354 e. The van der Waals surface area contributed by atoms with Crippen molar-refractivity contribution in [2.75, 3.05) is 13.1 Å². The number of piperidine rings is 1. The smallest absolute Gasteiger partial charge is 0.0497 e. The van der Waals surface area contributed by atoms with Crippen LogP contribution in [0.3, 0.4) is 0 Å². The van der Waals surface area contributed by atoms with Gasteiger partial charge in [0, 0.05) is 35.7 Å². The van der Waals surface area contributed by atoms with E-state index in [1.807, 2.05) is 0 Å². The first kappa shape index (κ1) is 16.8. The first-order valence-corrected chi connectivity index (χ1v) is 10.4. The Bertz CT molecular complexity index is 953. The number of hydrogen-bond acceptors (Lipinski definition) is 1. The van der Waals surface area contributed by atoms with Crippen LogP contribution in [-0.2, 0) is 6.42 Å². The molecule has 6 rings (SSSR count). The third kappa shape index (κ3) is 3.02. The number of aromatic nitrogens is 1. The van der Waals surface area contributed by atoms with Crippen LogP contribution in [0.4, 0.5) is 0 Å². The fourth-order valence-corrected chi connectivity index (χ4v) is 5.23. The van der Waals surface area contributed by atoms with Crippen LogP contribution in [0.1, 0.15) is 25.3 Å². The van der Waals surface area contributed by atoms with E-state index in [1.165, 1.54) is 47.1 Å². The van der Waals surface area contributed by atoms with E-state index in [-0.39, 0.29) is 0 Å². The topological polar surface area (TPSA) is 19.0 Å². The van der Waals surface area contributed by atoms with E-state index in [4.69, 9.17) is 0 Å². The number of nitrogens with one attached hydrogen (secondary N) is 1. The predicted octanol–water partition coefficient (Wildman–Crippen LogP) is 5.66. The fraction of sp³-hybridized carbons (Fsp3) is 0.360. The molecule has 0 spiro atoms. The van der Waals surface area contributed by atoms with Gasteiger partial charge in [0.15, 0.2) is 0 Å². The van der Waals surface area contributed by atoms with E-state index in [9.17, 15) is 0 Å². The normalized spacial score (nSPS) is 24.7. The van der Waals surface area contributed by atoms with Crippen LogP contribution in [0, 0.1) is 11.8 Å². The minimum absolute atomic E-state index is 0.644. The van der Waals surface area contributed by atoms with E-state index in [1.54, 1.807) is 0 Å². The molecular weight excluding hydrogens is 328 g/mol. The van der Waals surface area contributed by atoms with Gasteiger partial charge in [0.25, 0.3) is 0 Å². The molecule has 3 aliphatic rings. The van der Waals surface area contributed by atoms with Crippen molar-refractivity contribution in [2.45, 2.75) is 32.2 Å². The molecule has 2 bridgehead atoms. The second kappa shape index (κ2) is 7.01. The Balaban J connectivity index is 1.46. The summed E-state index contributed by atoms with van der Waals surface area (Å²) in [5, 5.41) is 1.38. The Morgan fingerprint density at radius 3 is 2.63 bits per heavy atom. The highest BCUT2D eigenvalue weighted by Crippen LogP contribution is 2.37. The lowest BCUT2D eigenvalue weighted by Crippen LogP contribution is -2.50. The molecule has 0 saturated carbocycles. The van der Waals surface area contributed by atoms with Gasteiger partial charge in [-0.25, -0.2) is 0 Å². The summed E-state index contributed by atoms with van der Waals surface area (Å²) < 4.78 is 0. The maximum atomic E-state index is 3.69. The van der Waals surface area contributed by atoms with Crippen molar-refractivity contribution in [1.82, 2.24) is 9.88 Å². The van der Waals surface area contributed by atoms with Gasteiger partial charge < -0.3 is 4.98 Å². The van der Waals surface area contributed by atoms with Gasteiger partial charge in [0.1, 0.15) is 0 Å². The summed E-state index contributed by atoms with van der Waals surface area (Å²) in [5.41, 5.74) is 5.30. The van der Waals surface area contributed by atoms with Crippen LogP contribution < -0.4 is 0 Å². The zero-order chi connectivity index (χ0) is 18.2. The number of para-hydroxylation sites is 1. The highest BCUT2D eigenvalue weighted by molar-refractivity contribution is 5.90. The average Bonchev–Trinajstić information content (AvgIpc) is 3.12. The molecule has 1 aromatic heterocycles. The molecule has 3 unspecified atom stereocenters. The Labute approximate surface area is 161 Å². The summed E-state index contributed by atoms with van der Waals surface area (Å²) >= 11 is 0. The van der Waals surface area contributed by atoms with E-state index in [2.05, 4.69) is 83.6 Å². The van der Waals surface area contributed by atoms with Gasteiger partial charge in [-0.1, -0.05) is 74.0 Å². The highest BCUT2D eigenvalue weighted by atomic mass is 15.2. The third-order valence-corrected chi connectivity index (χ3v) is 6.61. The highest BCUT2D eigenvalue weighted by Gasteiger charge is 2.36. The van der Waals surface area contributed by atoms with Crippen LogP contribution in [0.5, 0.6) is 0 Å². The number of aromatic amines is 1. The van der Waals surface area contributed by atoms with Gasteiger partial charge >= 0.3 is 0 Å². The van der Waals surface area contributed by atoms with Crippen molar-refractivity contribution < 1.29 is 0 Å². The standard InChI is InChI=1S/C25H28N2/c1-2-19-16-18-12-13-24(19)27(17-18)15-14-22-21-10-6-7-11-23(21)26-25(22)20-8-4-3-5-9-20/h3-13,18-19,24,26H,2,14-17H2,1H3. The first-order valence-electron chi connectivity index (χ1n) is 10.4. The minimum Gasteiger partial charge on any atom is -0.354 e. The summed E-state index contributed by atoms with van der Waals surface area (Å²) in [6.07, 6.45) is 8.73. The van der Waals surface area contributed by atoms with Gasteiger partial charge in [-0.3, -0.25) is 4.90 Å². The van der Waals surface area contributed by atoms with Crippen molar-refractivity contribution in [3.63, 3.8) is 0 Å². The van der Waals surface area contributed by atoms with Crippen LogP contribution in [0.2, 0.25) is 0 Å². The summed E-state index contributed by atoms with van der Waals surface area (Å²) in [6.45, 7) is 4.73. The molecule has 2 aliphatic heterocycles. The number of rotatable bonds is 5. The molecule has 2 nitrogen and oxygen atoms in total. The lowest BCUT2D eigenvalue weighted by molar-refractivity contribution is 0.0826. The molecule has 1 N–H and O–H groups in total. The molecule has 27 heavy (non-hydrogen) atoms. The van der Waals surface area contributed by atoms with Gasteiger partial charge in [-0.2, -0.15) is 0 Å². The molecule has 1 aliphatic carbocycles. The molecule has 1 saturated heterocycles. The summed E-state index contributed by atoms with van der Waals surface area (Å²) in [4.78, 5) is 6.42. The number of fused-ring (bicyclic) bond motifs is 3. The third-order valence-electron chi connectivity index (χ3n) is 6.61.